The highest BCUT2D eigenvalue weighted by Crippen LogP contribution is 2.34. The van der Waals surface area contributed by atoms with Gasteiger partial charge in [-0.2, -0.15) is 0 Å². The van der Waals surface area contributed by atoms with Crippen molar-refractivity contribution in [2.45, 2.75) is 64.1 Å². The van der Waals surface area contributed by atoms with E-state index >= 15 is 0 Å². The fourth-order valence-corrected chi connectivity index (χ4v) is 7.08. The van der Waals surface area contributed by atoms with Crippen LogP contribution in [0, 0.1) is 6.92 Å². The molecule has 8 nitrogen and oxygen atoms in total. The lowest BCUT2D eigenvalue weighted by Gasteiger charge is -2.35. The van der Waals surface area contributed by atoms with E-state index in [9.17, 15) is 18.0 Å². The van der Waals surface area contributed by atoms with Gasteiger partial charge in [0, 0.05) is 34.6 Å². The van der Waals surface area contributed by atoms with Crippen LogP contribution in [0.25, 0.3) is 0 Å². The number of nitrogens with one attached hydrogen (secondary N) is 1. The van der Waals surface area contributed by atoms with Crippen LogP contribution in [-0.4, -0.2) is 50.4 Å². The molecule has 0 unspecified atom stereocenters. The number of nitrogens with zero attached hydrogens (tertiary/aromatic N) is 2. The Morgan fingerprint density at radius 2 is 1.48 bits per heavy atom. The molecule has 254 valence electrons. The van der Waals surface area contributed by atoms with Gasteiger partial charge in [0.05, 0.1) is 17.2 Å². The molecule has 4 aromatic rings. The fraction of sp³-hybridized carbons (Fsp3) is 0.297. The molecule has 4 aromatic carbocycles. The minimum Gasteiger partial charge on any atom is -0.492 e. The van der Waals surface area contributed by atoms with Crippen LogP contribution in [0.5, 0.6) is 5.75 Å². The Morgan fingerprint density at radius 3 is 2.10 bits per heavy atom. The summed E-state index contributed by atoms with van der Waals surface area (Å²) in [5.74, 6) is -0.722. The number of rotatable bonds is 15. The topological polar surface area (TPSA) is 96.0 Å². The molecule has 48 heavy (non-hydrogen) atoms. The van der Waals surface area contributed by atoms with Crippen molar-refractivity contribution in [1.82, 2.24) is 10.2 Å². The number of anilines is 1. The Labute approximate surface area is 293 Å². The van der Waals surface area contributed by atoms with Gasteiger partial charge < -0.3 is 15.0 Å². The van der Waals surface area contributed by atoms with Crippen LogP contribution in [0.15, 0.2) is 102 Å². The maximum atomic E-state index is 14.8. The molecule has 4 rings (SSSR count). The first-order chi connectivity index (χ1) is 23.0. The third kappa shape index (κ3) is 9.09. The van der Waals surface area contributed by atoms with E-state index in [4.69, 9.17) is 27.9 Å². The van der Waals surface area contributed by atoms with E-state index in [0.29, 0.717) is 27.8 Å². The molecular weight excluding hydrogens is 669 g/mol. The van der Waals surface area contributed by atoms with Gasteiger partial charge in [-0.3, -0.25) is 13.9 Å². The number of sulfonamides is 1. The maximum absolute atomic E-state index is 14.8. The average molecular weight is 711 g/mol. The highest BCUT2D eigenvalue weighted by Gasteiger charge is 2.36. The van der Waals surface area contributed by atoms with Crippen LogP contribution in [0.3, 0.4) is 0 Å². The van der Waals surface area contributed by atoms with Crippen molar-refractivity contribution in [1.29, 1.82) is 0 Å². The zero-order chi connectivity index (χ0) is 34.8. The van der Waals surface area contributed by atoms with Gasteiger partial charge in [0.1, 0.15) is 18.3 Å². The molecule has 0 aliphatic rings. The number of para-hydroxylation sites is 2. The maximum Gasteiger partial charge on any atom is 0.264 e. The van der Waals surface area contributed by atoms with Gasteiger partial charge in [0.25, 0.3) is 10.0 Å². The van der Waals surface area contributed by atoms with Crippen molar-refractivity contribution in [2.24, 2.45) is 0 Å². The first-order valence-electron chi connectivity index (χ1n) is 15.8. The number of aryl methyl sites for hydroxylation is 1. The zero-order valence-corrected chi connectivity index (χ0v) is 29.9. The number of halogens is 2. The summed E-state index contributed by atoms with van der Waals surface area (Å²) in [6, 6.07) is 26.2. The van der Waals surface area contributed by atoms with Crippen molar-refractivity contribution in [3.8, 4) is 5.75 Å². The predicted octanol–water partition coefficient (Wildman–Crippen LogP) is 7.45. The minimum absolute atomic E-state index is 0.00301. The summed E-state index contributed by atoms with van der Waals surface area (Å²) < 4.78 is 35.6. The summed E-state index contributed by atoms with van der Waals surface area (Å²) in [7, 11) is -4.30. The Balaban J connectivity index is 1.88. The largest absolute Gasteiger partial charge is 0.492 e. The van der Waals surface area contributed by atoms with Crippen LogP contribution in [0.4, 0.5) is 5.69 Å². The molecule has 11 heteroatoms. The number of hydrogen-bond acceptors (Lipinski definition) is 5. The van der Waals surface area contributed by atoms with Crippen molar-refractivity contribution < 1.29 is 22.7 Å². The summed E-state index contributed by atoms with van der Waals surface area (Å²) in [4.78, 5) is 30.2. The summed E-state index contributed by atoms with van der Waals surface area (Å²) in [5, 5.41) is 3.65. The lowest BCUT2D eigenvalue weighted by atomic mass is 10.0. The number of carbonyl (C=O) groups excluding carboxylic acids is 2. The molecule has 0 bridgehead atoms. The zero-order valence-electron chi connectivity index (χ0n) is 27.5. The summed E-state index contributed by atoms with van der Waals surface area (Å²) >= 11 is 13.2. The molecule has 0 saturated heterocycles. The van der Waals surface area contributed by atoms with Crippen LogP contribution in [0.2, 0.25) is 10.0 Å². The van der Waals surface area contributed by atoms with Crippen molar-refractivity contribution in [3.05, 3.63) is 124 Å². The van der Waals surface area contributed by atoms with Gasteiger partial charge in [-0.25, -0.2) is 8.42 Å². The Kier molecular flexibility index (Phi) is 12.9. The lowest BCUT2D eigenvalue weighted by molar-refractivity contribution is -0.140. The van der Waals surface area contributed by atoms with Gasteiger partial charge in [-0.1, -0.05) is 96.4 Å². The molecule has 2 amide bonds. The number of carbonyl (C=O) groups is 2. The third-order valence-corrected chi connectivity index (χ3v) is 10.5. The third-order valence-electron chi connectivity index (χ3n) is 7.98. The van der Waals surface area contributed by atoms with Crippen LogP contribution < -0.4 is 14.4 Å². The molecule has 0 radical (unpaired) electrons. The number of amides is 2. The summed E-state index contributed by atoms with van der Waals surface area (Å²) in [5.41, 5.74) is 2.32. The van der Waals surface area contributed by atoms with Crippen molar-refractivity contribution in [2.75, 3.05) is 17.5 Å². The van der Waals surface area contributed by atoms with E-state index in [1.165, 1.54) is 17.0 Å². The van der Waals surface area contributed by atoms with Crippen LogP contribution in [-0.2, 0) is 32.6 Å². The first-order valence-corrected chi connectivity index (χ1v) is 18.0. The average Bonchev–Trinajstić information content (AvgIpc) is 3.07. The number of benzene rings is 4. The van der Waals surface area contributed by atoms with Gasteiger partial charge in [0.2, 0.25) is 11.8 Å². The second-order valence-electron chi connectivity index (χ2n) is 11.5. The molecule has 0 saturated carbocycles. The molecule has 0 spiro atoms. The molecule has 0 fully saturated rings. The van der Waals surface area contributed by atoms with E-state index in [2.05, 4.69) is 5.32 Å². The quantitative estimate of drug-likeness (QED) is 0.138. The van der Waals surface area contributed by atoms with Crippen molar-refractivity contribution >= 4 is 50.7 Å². The SMILES string of the molecule is CCOc1ccccc1N(CC(=O)N(Cc1c(Cl)cccc1Cl)[C@@H](Cc1ccccc1)C(=O)N[C@H](C)CC)S(=O)(=O)c1ccc(C)cc1. The van der Waals surface area contributed by atoms with E-state index in [1.807, 2.05) is 51.1 Å². The first kappa shape index (κ1) is 36.8. The second-order valence-corrected chi connectivity index (χ2v) is 14.1. The molecule has 0 aliphatic heterocycles. The minimum atomic E-state index is -4.30. The molecule has 0 heterocycles. The van der Waals surface area contributed by atoms with Gasteiger partial charge in [-0.05, 0) is 69.2 Å². The van der Waals surface area contributed by atoms with E-state index in [1.54, 1.807) is 61.5 Å². The normalized spacial score (nSPS) is 12.5. The number of ether oxygens (including phenoxy) is 1. The van der Waals surface area contributed by atoms with Crippen molar-refractivity contribution in [3.63, 3.8) is 0 Å². The standard InChI is InChI=1S/C37H41Cl2N3O5S/c1-5-27(4)40-37(44)34(23-28-13-8-7-9-14-28)41(24-30-31(38)15-12-16-32(30)39)36(43)25-42(33-17-10-11-18-35(33)47-6-2)48(45,46)29-21-19-26(3)20-22-29/h7-22,27,34H,5-6,23-25H2,1-4H3,(H,40,44)/t27-,34+/m1/s1. The Hall–Kier alpha value is -4.05. The molecular formula is C37H41Cl2N3O5S. The molecule has 1 N–H and O–H groups in total. The van der Waals surface area contributed by atoms with E-state index in [0.717, 1.165) is 15.4 Å². The predicted molar refractivity (Wildman–Crippen MR) is 192 cm³/mol. The van der Waals surface area contributed by atoms with Gasteiger partial charge in [0.15, 0.2) is 0 Å². The molecule has 0 aliphatic carbocycles. The summed E-state index contributed by atoms with van der Waals surface area (Å²) in [6.45, 7) is 6.98. The van der Waals surface area contributed by atoms with E-state index in [-0.39, 0.29) is 42.1 Å². The van der Waals surface area contributed by atoms with E-state index < -0.39 is 28.5 Å². The van der Waals surface area contributed by atoms with Crippen LogP contribution in [0.1, 0.15) is 43.9 Å². The Morgan fingerprint density at radius 1 is 0.854 bits per heavy atom. The van der Waals surface area contributed by atoms with Crippen LogP contribution >= 0.6 is 23.2 Å². The monoisotopic (exact) mass is 709 g/mol. The van der Waals surface area contributed by atoms with Gasteiger partial charge in [-0.15, -0.1) is 0 Å². The highest BCUT2D eigenvalue weighted by molar-refractivity contribution is 7.92. The number of hydrogen-bond donors (Lipinski definition) is 1. The van der Waals surface area contributed by atoms with Gasteiger partial charge >= 0.3 is 0 Å². The molecule has 2 atom stereocenters. The fourth-order valence-electron chi connectivity index (χ4n) is 5.14. The Bertz CT molecular complexity index is 1780. The highest BCUT2D eigenvalue weighted by atomic mass is 35.5. The summed E-state index contributed by atoms with van der Waals surface area (Å²) in [6.07, 6.45) is 0.835. The molecule has 0 aromatic heterocycles. The smallest absolute Gasteiger partial charge is 0.264 e. The lowest BCUT2D eigenvalue weighted by Crippen LogP contribution is -2.54. The second kappa shape index (κ2) is 16.9.